The Hall–Kier alpha value is -2.39. The van der Waals surface area contributed by atoms with Crippen molar-refractivity contribution in [3.8, 4) is 0 Å². The smallest absolute Gasteiger partial charge is 0.416 e. The van der Waals surface area contributed by atoms with E-state index in [4.69, 9.17) is 4.74 Å². The fourth-order valence-corrected chi connectivity index (χ4v) is 4.64. The van der Waals surface area contributed by atoms with Crippen LogP contribution in [-0.4, -0.2) is 50.3 Å². The number of halogens is 3. The lowest BCUT2D eigenvalue weighted by Gasteiger charge is -2.33. The van der Waals surface area contributed by atoms with Crippen LogP contribution in [0.4, 0.5) is 29.3 Å². The summed E-state index contributed by atoms with van der Waals surface area (Å²) < 4.78 is 45.2. The molecule has 1 fully saturated rings. The van der Waals surface area contributed by atoms with Gasteiger partial charge in [0.15, 0.2) is 0 Å². The molecule has 2 aliphatic rings. The summed E-state index contributed by atoms with van der Waals surface area (Å²) in [6.07, 6.45) is -4.24. The first kappa shape index (κ1) is 20.9. The monoisotopic (exact) mass is 437 g/mol. The zero-order valence-electron chi connectivity index (χ0n) is 16.2. The Kier molecular flexibility index (Phi) is 6.10. The molecule has 2 heterocycles. The van der Waals surface area contributed by atoms with Crippen molar-refractivity contribution in [1.82, 2.24) is 10.2 Å². The minimum absolute atomic E-state index is 0.211. The summed E-state index contributed by atoms with van der Waals surface area (Å²) in [5.41, 5.74) is 0.723. The Morgan fingerprint density at radius 3 is 2.57 bits per heavy atom. The number of nitrogens with one attached hydrogen (secondary N) is 1. The quantitative estimate of drug-likeness (QED) is 0.700. The molecule has 1 N–H and O–H groups in total. The highest BCUT2D eigenvalue weighted by molar-refractivity contribution is 7.99. The molecular formula is C21H22F3N3O2S. The number of hydrogen-bond acceptors (Lipinski definition) is 5. The molecule has 2 aliphatic heterocycles. The van der Waals surface area contributed by atoms with E-state index in [9.17, 15) is 18.0 Å². The number of carbonyl (C=O) groups excluding carboxylic acids is 1. The number of anilines is 2. The number of rotatable bonds is 4. The van der Waals surface area contributed by atoms with Gasteiger partial charge in [0.2, 0.25) is 0 Å². The molecule has 0 unspecified atom stereocenters. The van der Waals surface area contributed by atoms with Crippen LogP contribution in [-0.2, 0) is 10.9 Å². The normalized spacial score (nSPS) is 16.1. The molecule has 5 nitrogen and oxygen atoms in total. The van der Waals surface area contributed by atoms with Gasteiger partial charge in [-0.1, -0.05) is 23.9 Å². The molecular weight excluding hydrogens is 415 g/mol. The molecule has 0 radical (unpaired) electrons. The van der Waals surface area contributed by atoms with E-state index in [0.717, 1.165) is 34.6 Å². The molecule has 2 aromatic rings. The van der Waals surface area contributed by atoms with Crippen LogP contribution in [0.5, 0.6) is 0 Å². The van der Waals surface area contributed by atoms with Gasteiger partial charge in [0, 0.05) is 42.5 Å². The highest BCUT2D eigenvalue weighted by Gasteiger charge is 2.33. The second kappa shape index (κ2) is 8.77. The van der Waals surface area contributed by atoms with E-state index in [2.05, 4.69) is 5.32 Å². The van der Waals surface area contributed by atoms with Crippen molar-refractivity contribution < 1.29 is 22.7 Å². The summed E-state index contributed by atoms with van der Waals surface area (Å²) in [4.78, 5) is 17.4. The van der Waals surface area contributed by atoms with Crippen molar-refractivity contribution in [3.05, 3.63) is 48.0 Å². The number of alkyl halides is 3. The van der Waals surface area contributed by atoms with E-state index in [0.29, 0.717) is 31.7 Å². The predicted octanol–water partition coefficient (Wildman–Crippen LogP) is 4.74. The zero-order chi connectivity index (χ0) is 21.1. The molecule has 30 heavy (non-hydrogen) atoms. The molecule has 0 spiro atoms. The van der Waals surface area contributed by atoms with Crippen LogP contribution in [0.25, 0.3) is 0 Å². The first-order valence-electron chi connectivity index (χ1n) is 9.81. The largest absolute Gasteiger partial charge is 0.449 e. The van der Waals surface area contributed by atoms with E-state index in [-0.39, 0.29) is 12.7 Å². The number of nitrogens with zero attached hydrogens (tertiary/aromatic N) is 2. The van der Waals surface area contributed by atoms with Gasteiger partial charge >= 0.3 is 12.3 Å². The fourth-order valence-electron chi connectivity index (χ4n) is 3.57. The Morgan fingerprint density at radius 2 is 1.80 bits per heavy atom. The number of para-hydroxylation sites is 1. The highest BCUT2D eigenvalue weighted by atomic mass is 32.2. The van der Waals surface area contributed by atoms with Crippen molar-refractivity contribution in [2.24, 2.45) is 0 Å². The average molecular weight is 437 g/mol. The third-order valence-corrected chi connectivity index (χ3v) is 6.21. The van der Waals surface area contributed by atoms with Crippen molar-refractivity contribution in [1.29, 1.82) is 0 Å². The Bertz CT molecular complexity index is 917. The van der Waals surface area contributed by atoms with Crippen LogP contribution >= 0.6 is 11.8 Å². The molecule has 0 aliphatic carbocycles. The zero-order valence-corrected chi connectivity index (χ0v) is 17.1. The third-order valence-electron chi connectivity index (χ3n) is 5.08. The lowest BCUT2D eigenvalue weighted by atomic mass is 10.1. The van der Waals surface area contributed by atoms with Gasteiger partial charge in [0.25, 0.3) is 0 Å². The number of ether oxygens (including phenoxy) is 1. The van der Waals surface area contributed by atoms with Gasteiger partial charge in [0.1, 0.15) is 0 Å². The van der Waals surface area contributed by atoms with Crippen molar-refractivity contribution >= 4 is 29.2 Å². The second-order valence-corrected chi connectivity index (χ2v) is 8.19. The highest BCUT2D eigenvalue weighted by Crippen LogP contribution is 2.49. The standard InChI is InChI=1S/C21H22F3N3O2S/c22-21(23,24)15-6-7-19-17(14-15)27(16-4-1-2-5-18(16)30-19)10-3-13-29-20(28)26-11-8-25-9-12-26/h1-2,4-7,14,25H,3,8-13H2. The van der Waals surface area contributed by atoms with E-state index >= 15 is 0 Å². The van der Waals surface area contributed by atoms with E-state index in [1.54, 1.807) is 4.90 Å². The van der Waals surface area contributed by atoms with Crippen LogP contribution in [0.3, 0.4) is 0 Å². The van der Waals surface area contributed by atoms with Gasteiger partial charge in [-0.05, 0) is 36.8 Å². The summed E-state index contributed by atoms with van der Waals surface area (Å²) >= 11 is 1.46. The fraction of sp³-hybridized carbons (Fsp3) is 0.381. The van der Waals surface area contributed by atoms with Crippen LogP contribution < -0.4 is 10.2 Å². The Morgan fingerprint density at radius 1 is 1.07 bits per heavy atom. The summed E-state index contributed by atoms with van der Waals surface area (Å²) in [5.74, 6) is 0. The van der Waals surface area contributed by atoms with Crippen LogP contribution in [0.1, 0.15) is 12.0 Å². The van der Waals surface area contributed by atoms with Gasteiger partial charge in [-0.3, -0.25) is 0 Å². The number of hydrogen-bond donors (Lipinski definition) is 1. The summed E-state index contributed by atoms with van der Waals surface area (Å²) in [7, 11) is 0. The SMILES string of the molecule is O=C(OCCCN1c2ccccc2Sc2ccc(C(F)(F)F)cc21)N1CCNCC1. The number of carbonyl (C=O) groups is 1. The minimum Gasteiger partial charge on any atom is -0.449 e. The lowest BCUT2D eigenvalue weighted by molar-refractivity contribution is -0.137. The first-order chi connectivity index (χ1) is 14.4. The predicted molar refractivity (Wildman–Crippen MR) is 109 cm³/mol. The number of benzene rings is 2. The van der Waals surface area contributed by atoms with Gasteiger partial charge in [-0.25, -0.2) is 4.79 Å². The molecule has 0 aromatic heterocycles. The summed E-state index contributed by atoms with van der Waals surface area (Å²) in [6.45, 7) is 3.38. The number of amides is 1. The van der Waals surface area contributed by atoms with Crippen LogP contribution in [0.15, 0.2) is 52.3 Å². The van der Waals surface area contributed by atoms with Gasteiger partial charge in [0.05, 0.1) is 23.5 Å². The van der Waals surface area contributed by atoms with E-state index < -0.39 is 11.7 Å². The van der Waals surface area contributed by atoms with Gasteiger partial charge < -0.3 is 19.9 Å². The molecule has 0 saturated carbocycles. The van der Waals surface area contributed by atoms with Gasteiger partial charge in [-0.15, -0.1) is 0 Å². The molecule has 0 atom stereocenters. The Balaban J connectivity index is 1.47. The third kappa shape index (κ3) is 4.52. The maximum Gasteiger partial charge on any atom is 0.416 e. The molecule has 0 bridgehead atoms. The minimum atomic E-state index is -4.40. The van der Waals surface area contributed by atoms with Crippen molar-refractivity contribution in [2.45, 2.75) is 22.4 Å². The molecule has 1 saturated heterocycles. The van der Waals surface area contributed by atoms with Crippen LogP contribution in [0.2, 0.25) is 0 Å². The van der Waals surface area contributed by atoms with Gasteiger partial charge in [-0.2, -0.15) is 13.2 Å². The topological polar surface area (TPSA) is 44.8 Å². The second-order valence-electron chi connectivity index (χ2n) is 7.11. The summed E-state index contributed by atoms with van der Waals surface area (Å²) in [6, 6.07) is 11.5. The first-order valence-corrected chi connectivity index (χ1v) is 10.6. The van der Waals surface area contributed by atoms with E-state index in [1.807, 2.05) is 29.2 Å². The van der Waals surface area contributed by atoms with Crippen molar-refractivity contribution in [2.75, 3.05) is 44.2 Å². The maximum absolute atomic E-state index is 13.3. The Labute approximate surface area is 177 Å². The average Bonchev–Trinajstić information content (AvgIpc) is 2.75. The van der Waals surface area contributed by atoms with E-state index in [1.165, 1.54) is 23.9 Å². The maximum atomic E-state index is 13.3. The number of fused-ring (bicyclic) bond motifs is 2. The van der Waals surface area contributed by atoms with Crippen molar-refractivity contribution in [3.63, 3.8) is 0 Å². The van der Waals surface area contributed by atoms with Crippen LogP contribution in [0, 0.1) is 0 Å². The molecule has 160 valence electrons. The molecule has 4 rings (SSSR count). The molecule has 2 aromatic carbocycles. The molecule has 9 heteroatoms. The molecule has 1 amide bonds. The lowest BCUT2D eigenvalue weighted by Crippen LogP contribution is -2.46. The summed E-state index contributed by atoms with van der Waals surface area (Å²) in [5, 5.41) is 3.18. The number of piperazine rings is 1.